The van der Waals surface area contributed by atoms with Crippen LogP contribution in [0.3, 0.4) is 0 Å². The van der Waals surface area contributed by atoms with E-state index in [2.05, 4.69) is 5.32 Å². The molecule has 2 aromatic carbocycles. The number of nitro groups is 1. The number of para-hydroxylation sites is 1. The fourth-order valence-corrected chi connectivity index (χ4v) is 4.00. The van der Waals surface area contributed by atoms with E-state index in [1.807, 2.05) is 0 Å². The fraction of sp³-hybridized carbons (Fsp3) is 0.286. The molecule has 0 radical (unpaired) electrons. The van der Waals surface area contributed by atoms with Crippen LogP contribution in [-0.4, -0.2) is 47.2 Å². The summed E-state index contributed by atoms with van der Waals surface area (Å²) in [6, 6.07) is 7.84. The van der Waals surface area contributed by atoms with Gasteiger partial charge >= 0.3 is 5.69 Å². The molecule has 1 heterocycles. The monoisotopic (exact) mass is 496 g/mol. The zero-order chi connectivity index (χ0) is 24.3. The van der Waals surface area contributed by atoms with Crippen LogP contribution < -0.4 is 10.2 Å². The minimum absolute atomic E-state index is 0.0467. The molecule has 3 amide bonds. The Morgan fingerprint density at radius 2 is 1.94 bits per heavy atom. The van der Waals surface area contributed by atoms with Crippen LogP contribution in [0.15, 0.2) is 36.4 Å². The number of anilines is 2. The number of nitrogens with zero attached hydrogens (tertiary/aromatic N) is 3. The van der Waals surface area contributed by atoms with Gasteiger partial charge in [-0.15, -0.1) is 0 Å². The van der Waals surface area contributed by atoms with E-state index in [9.17, 15) is 28.9 Å². The highest BCUT2D eigenvalue weighted by molar-refractivity contribution is 6.39. The van der Waals surface area contributed by atoms with Gasteiger partial charge < -0.3 is 15.1 Å². The van der Waals surface area contributed by atoms with Crippen molar-refractivity contribution in [3.63, 3.8) is 0 Å². The van der Waals surface area contributed by atoms with Crippen molar-refractivity contribution >= 4 is 58.0 Å². The molecule has 1 saturated heterocycles. The number of amides is 3. The molecular weight excluding hydrogens is 478 g/mol. The molecule has 0 spiro atoms. The highest BCUT2D eigenvalue weighted by atomic mass is 35.5. The quantitative estimate of drug-likeness (QED) is 0.461. The minimum atomic E-state index is -1.02. The van der Waals surface area contributed by atoms with Crippen LogP contribution >= 0.6 is 23.2 Å². The summed E-state index contributed by atoms with van der Waals surface area (Å²) in [6.45, 7) is 1.55. The Morgan fingerprint density at radius 3 is 2.55 bits per heavy atom. The number of benzene rings is 2. The van der Waals surface area contributed by atoms with Gasteiger partial charge in [0.15, 0.2) is 0 Å². The van der Waals surface area contributed by atoms with E-state index in [1.54, 1.807) is 25.1 Å². The third kappa shape index (κ3) is 5.40. The Kier molecular flexibility index (Phi) is 7.50. The first-order valence-electron chi connectivity index (χ1n) is 9.89. The maximum atomic E-state index is 13.6. The number of rotatable bonds is 7. The molecule has 174 valence electrons. The van der Waals surface area contributed by atoms with Gasteiger partial charge in [0.05, 0.1) is 38.8 Å². The average molecular weight is 497 g/mol. The lowest BCUT2D eigenvalue weighted by Gasteiger charge is -2.24. The number of carbonyl (C=O) groups is 3. The Bertz CT molecular complexity index is 1110. The molecule has 1 atom stereocenters. The first kappa shape index (κ1) is 24.4. The van der Waals surface area contributed by atoms with E-state index in [4.69, 9.17) is 23.2 Å². The van der Waals surface area contributed by atoms with Crippen molar-refractivity contribution in [2.45, 2.75) is 13.3 Å². The fourth-order valence-electron chi connectivity index (χ4n) is 3.50. The van der Waals surface area contributed by atoms with Gasteiger partial charge in [-0.2, -0.15) is 4.39 Å². The SMILES string of the molecule is CCN(CC(=O)Nc1c(Cl)cccc1Cl)C(=O)C1CC(=O)N(c2ccc(F)c([N+](=O)[O-])c2)C1. The van der Waals surface area contributed by atoms with Crippen molar-refractivity contribution in [1.29, 1.82) is 0 Å². The summed E-state index contributed by atoms with van der Waals surface area (Å²) in [4.78, 5) is 50.6. The van der Waals surface area contributed by atoms with Gasteiger partial charge in [-0.1, -0.05) is 29.3 Å². The lowest BCUT2D eigenvalue weighted by Crippen LogP contribution is -2.42. The summed E-state index contributed by atoms with van der Waals surface area (Å²) in [6.07, 6.45) is -0.140. The summed E-state index contributed by atoms with van der Waals surface area (Å²) in [7, 11) is 0. The molecule has 12 heteroatoms. The van der Waals surface area contributed by atoms with Gasteiger partial charge in [-0.05, 0) is 31.2 Å². The van der Waals surface area contributed by atoms with Crippen LogP contribution in [0.1, 0.15) is 13.3 Å². The summed E-state index contributed by atoms with van der Waals surface area (Å²) < 4.78 is 13.6. The lowest BCUT2D eigenvalue weighted by molar-refractivity contribution is -0.387. The van der Waals surface area contributed by atoms with Crippen molar-refractivity contribution in [2.75, 3.05) is 29.9 Å². The summed E-state index contributed by atoms with van der Waals surface area (Å²) in [5.74, 6) is -3.17. The van der Waals surface area contributed by atoms with Gasteiger partial charge in [-0.3, -0.25) is 24.5 Å². The van der Waals surface area contributed by atoms with E-state index in [1.165, 1.54) is 15.9 Å². The first-order valence-corrected chi connectivity index (χ1v) is 10.6. The molecule has 1 aliphatic rings. The smallest absolute Gasteiger partial charge is 0.306 e. The third-order valence-electron chi connectivity index (χ3n) is 5.17. The second kappa shape index (κ2) is 10.1. The van der Waals surface area contributed by atoms with Gasteiger partial charge in [0.1, 0.15) is 0 Å². The molecule has 1 fully saturated rings. The van der Waals surface area contributed by atoms with Crippen molar-refractivity contribution in [1.82, 2.24) is 4.90 Å². The number of carbonyl (C=O) groups excluding carboxylic acids is 3. The summed E-state index contributed by atoms with van der Waals surface area (Å²) in [5, 5.41) is 14.1. The Hall–Kier alpha value is -3.24. The number of hydrogen-bond acceptors (Lipinski definition) is 5. The number of likely N-dealkylation sites (N-methyl/N-ethyl adjacent to an activating group) is 1. The van der Waals surface area contributed by atoms with Gasteiger partial charge in [0.2, 0.25) is 23.5 Å². The Balaban J connectivity index is 1.69. The lowest BCUT2D eigenvalue weighted by atomic mass is 10.1. The average Bonchev–Trinajstić information content (AvgIpc) is 3.16. The van der Waals surface area contributed by atoms with Gasteiger partial charge in [0.25, 0.3) is 0 Å². The highest BCUT2D eigenvalue weighted by Gasteiger charge is 2.38. The topological polar surface area (TPSA) is 113 Å². The number of hydrogen-bond donors (Lipinski definition) is 1. The molecule has 0 aliphatic carbocycles. The standard InChI is InChI=1S/C21H19Cl2FN4O5/c1-2-26(11-18(29)25-20-14(22)4-3-5-15(20)23)21(31)12-8-19(30)27(10-12)13-6-7-16(24)17(9-13)28(32)33/h3-7,9,12H,2,8,10-11H2,1H3,(H,25,29). The zero-order valence-electron chi connectivity index (χ0n) is 17.4. The van der Waals surface area contributed by atoms with Crippen LogP contribution in [0.5, 0.6) is 0 Å². The molecule has 0 aromatic heterocycles. The molecule has 1 N–H and O–H groups in total. The maximum Gasteiger partial charge on any atom is 0.306 e. The normalized spacial score (nSPS) is 15.5. The number of nitrogens with one attached hydrogen (secondary N) is 1. The molecule has 0 bridgehead atoms. The van der Waals surface area contributed by atoms with Crippen LogP contribution in [-0.2, 0) is 14.4 Å². The van der Waals surface area contributed by atoms with Crippen LogP contribution in [0, 0.1) is 21.8 Å². The number of halogens is 3. The van der Waals surface area contributed by atoms with E-state index in [-0.39, 0.29) is 47.5 Å². The number of nitro benzene ring substituents is 1. The Labute approximate surface area is 198 Å². The molecule has 9 nitrogen and oxygen atoms in total. The van der Waals surface area contributed by atoms with Gasteiger partial charge in [0, 0.05) is 25.6 Å². The summed E-state index contributed by atoms with van der Waals surface area (Å²) in [5.41, 5.74) is -0.410. The predicted molar refractivity (Wildman–Crippen MR) is 121 cm³/mol. The van der Waals surface area contributed by atoms with Crippen LogP contribution in [0.4, 0.5) is 21.5 Å². The Morgan fingerprint density at radius 1 is 1.27 bits per heavy atom. The highest BCUT2D eigenvalue weighted by Crippen LogP contribution is 2.31. The molecule has 1 unspecified atom stereocenters. The second-order valence-corrected chi connectivity index (χ2v) is 8.11. The molecule has 3 rings (SSSR count). The van der Waals surface area contributed by atoms with Crippen LogP contribution in [0.25, 0.3) is 0 Å². The first-order chi connectivity index (χ1) is 15.6. The largest absolute Gasteiger partial charge is 0.333 e. The molecule has 2 aromatic rings. The third-order valence-corrected chi connectivity index (χ3v) is 5.80. The summed E-state index contributed by atoms with van der Waals surface area (Å²) >= 11 is 12.1. The van der Waals surface area contributed by atoms with Crippen molar-refractivity contribution < 1.29 is 23.7 Å². The zero-order valence-corrected chi connectivity index (χ0v) is 18.9. The van der Waals surface area contributed by atoms with Gasteiger partial charge in [-0.25, -0.2) is 0 Å². The molecular formula is C21H19Cl2FN4O5. The molecule has 0 saturated carbocycles. The van der Waals surface area contributed by atoms with Crippen LogP contribution in [0.2, 0.25) is 10.0 Å². The van der Waals surface area contributed by atoms with E-state index < -0.39 is 40.1 Å². The minimum Gasteiger partial charge on any atom is -0.333 e. The predicted octanol–water partition coefficient (Wildman–Crippen LogP) is 3.88. The second-order valence-electron chi connectivity index (χ2n) is 7.30. The maximum absolute atomic E-state index is 13.6. The van der Waals surface area contributed by atoms with Crippen molar-refractivity contribution in [2.24, 2.45) is 5.92 Å². The van der Waals surface area contributed by atoms with E-state index >= 15 is 0 Å². The molecule has 1 aliphatic heterocycles. The van der Waals surface area contributed by atoms with Crippen molar-refractivity contribution in [3.8, 4) is 0 Å². The van der Waals surface area contributed by atoms with E-state index in [0.29, 0.717) is 0 Å². The van der Waals surface area contributed by atoms with E-state index in [0.717, 1.165) is 12.1 Å². The molecule has 33 heavy (non-hydrogen) atoms. The van der Waals surface area contributed by atoms with Crippen molar-refractivity contribution in [3.05, 3.63) is 62.4 Å².